The third-order valence-electron chi connectivity index (χ3n) is 5.78. The van der Waals surface area contributed by atoms with Crippen molar-refractivity contribution in [2.45, 2.75) is 43.6 Å². The third kappa shape index (κ3) is 3.09. The lowest BCUT2D eigenvalue weighted by Gasteiger charge is -2.38. The molecule has 0 radical (unpaired) electrons. The van der Waals surface area contributed by atoms with E-state index in [-0.39, 0.29) is 11.9 Å². The predicted octanol–water partition coefficient (Wildman–Crippen LogP) is 3.93. The largest absolute Gasteiger partial charge is 0.381 e. The number of amides is 1. The van der Waals surface area contributed by atoms with Crippen molar-refractivity contribution in [1.82, 2.24) is 5.32 Å². The van der Waals surface area contributed by atoms with E-state index in [1.54, 1.807) is 0 Å². The van der Waals surface area contributed by atoms with Crippen molar-refractivity contribution in [3.63, 3.8) is 0 Å². The van der Waals surface area contributed by atoms with E-state index >= 15 is 0 Å². The molecule has 1 heterocycles. The summed E-state index contributed by atoms with van der Waals surface area (Å²) in [6.07, 6.45) is 4.75. The molecule has 0 saturated carbocycles. The van der Waals surface area contributed by atoms with Crippen molar-refractivity contribution in [2.75, 3.05) is 13.2 Å². The molecule has 0 bridgehead atoms. The highest BCUT2D eigenvalue weighted by molar-refractivity contribution is 5.88. The second-order valence-corrected chi connectivity index (χ2v) is 7.18. The second kappa shape index (κ2) is 7.01. The lowest BCUT2D eigenvalue weighted by molar-refractivity contribution is -0.131. The minimum Gasteiger partial charge on any atom is -0.381 e. The lowest BCUT2D eigenvalue weighted by atomic mass is 9.73. The van der Waals surface area contributed by atoms with Crippen LogP contribution in [0.4, 0.5) is 0 Å². The molecule has 2 aromatic rings. The minimum absolute atomic E-state index is 0.126. The van der Waals surface area contributed by atoms with E-state index in [0.717, 1.165) is 37.7 Å². The molecule has 0 unspecified atom stereocenters. The van der Waals surface area contributed by atoms with Crippen LogP contribution >= 0.6 is 0 Å². The smallest absolute Gasteiger partial charge is 0.231 e. The number of aryl methyl sites for hydroxylation is 1. The molecular formula is C22H25NO2. The Labute approximate surface area is 149 Å². The van der Waals surface area contributed by atoms with Crippen LogP contribution in [-0.4, -0.2) is 19.1 Å². The van der Waals surface area contributed by atoms with Crippen LogP contribution in [0.15, 0.2) is 54.6 Å². The SMILES string of the molecule is O=C(N[C@H]1CCCc2ccccc21)C1(c2ccccc2)CCOCC1. The summed E-state index contributed by atoms with van der Waals surface area (Å²) in [7, 11) is 0. The summed E-state index contributed by atoms with van der Waals surface area (Å²) in [5.41, 5.74) is 3.31. The third-order valence-corrected chi connectivity index (χ3v) is 5.78. The molecule has 1 fully saturated rings. The predicted molar refractivity (Wildman–Crippen MR) is 98.4 cm³/mol. The van der Waals surface area contributed by atoms with Gasteiger partial charge in [0.05, 0.1) is 11.5 Å². The van der Waals surface area contributed by atoms with E-state index < -0.39 is 5.41 Å². The standard InChI is InChI=1S/C22H25NO2/c24-21(23-20-12-6-8-17-7-4-5-11-19(17)20)22(13-15-25-16-14-22)18-9-2-1-3-10-18/h1-5,7,9-11,20H,6,8,12-16H2,(H,23,24)/t20-/m0/s1. The number of carbonyl (C=O) groups excluding carboxylic acids is 1. The van der Waals surface area contributed by atoms with Crippen molar-refractivity contribution >= 4 is 5.91 Å². The number of fused-ring (bicyclic) bond motifs is 1. The second-order valence-electron chi connectivity index (χ2n) is 7.18. The molecule has 2 aliphatic rings. The summed E-state index contributed by atoms with van der Waals surface area (Å²) in [6, 6.07) is 18.9. The van der Waals surface area contributed by atoms with Crippen LogP contribution in [0.3, 0.4) is 0 Å². The van der Waals surface area contributed by atoms with Gasteiger partial charge in [0, 0.05) is 13.2 Å². The maximum Gasteiger partial charge on any atom is 0.231 e. The summed E-state index contributed by atoms with van der Waals surface area (Å²) in [4.78, 5) is 13.4. The first kappa shape index (κ1) is 16.3. The Balaban J connectivity index is 1.62. The number of benzene rings is 2. The van der Waals surface area contributed by atoms with Crippen LogP contribution in [-0.2, 0) is 21.4 Å². The summed E-state index contributed by atoms with van der Waals surface area (Å²) in [5.74, 6) is 0.156. The fourth-order valence-electron chi connectivity index (χ4n) is 4.32. The van der Waals surface area contributed by atoms with E-state index in [0.29, 0.717) is 13.2 Å². The molecule has 1 aliphatic carbocycles. The number of hydrogen-bond acceptors (Lipinski definition) is 2. The molecule has 2 aromatic carbocycles. The van der Waals surface area contributed by atoms with Gasteiger partial charge in [-0.25, -0.2) is 0 Å². The Morgan fingerprint density at radius 2 is 1.72 bits per heavy atom. The van der Waals surface area contributed by atoms with Crippen LogP contribution in [0.1, 0.15) is 48.4 Å². The molecule has 1 atom stereocenters. The summed E-state index contributed by atoms with van der Waals surface area (Å²) in [5, 5.41) is 3.39. The zero-order chi connectivity index (χ0) is 17.1. The van der Waals surface area contributed by atoms with Crippen LogP contribution in [0.2, 0.25) is 0 Å². The first-order valence-corrected chi connectivity index (χ1v) is 9.32. The summed E-state index contributed by atoms with van der Waals surface area (Å²) < 4.78 is 5.56. The molecule has 1 N–H and O–H groups in total. The van der Waals surface area contributed by atoms with Gasteiger partial charge in [-0.05, 0) is 48.8 Å². The molecule has 3 nitrogen and oxygen atoms in total. The van der Waals surface area contributed by atoms with E-state index in [2.05, 4.69) is 41.7 Å². The molecule has 1 aliphatic heterocycles. The molecule has 4 rings (SSSR count). The van der Waals surface area contributed by atoms with Gasteiger partial charge < -0.3 is 10.1 Å². The van der Waals surface area contributed by atoms with Gasteiger partial charge in [-0.15, -0.1) is 0 Å². The van der Waals surface area contributed by atoms with Crippen LogP contribution in [0.5, 0.6) is 0 Å². The Kier molecular flexibility index (Phi) is 4.58. The lowest BCUT2D eigenvalue weighted by Crippen LogP contribution is -2.49. The highest BCUT2D eigenvalue weighted by Gasteiger charge is 2.42. The van der Waals surface area contributed by atoms with E-state index in [1.807, 2.05) is 18.2 Å². The fraction of sp³-hybridized carbons (Fsp3) is 0.409. The van der Waals surface area contributed by atoms with Gasteiger partial charge >= 0.3 is 0 Å². The monoisotopic (exact) mass is 335 g/mol. The van der Waals surface area contributed by atoms with Crippen molar-refractivity contribution in [1.29, 1.82) is 0 Å². The Hall–Kier alpha value is -2.13. The minimum atomic E-state index is -0.466. The number of nitrogens with one attached hydrogen (secondary N) is 1. The van der Waals surface area contributed by atoms with Crippen LogP contribution in [0, 0.1) is 0 Å². The molecule has 0 spiro atoms. The van der Waals surface area contributed by atoms with E-state index in [4.69, 9.17) is 4.74 Å². The zero-order valence-corrected chi connectivity index (χ0v) is 14.5. The van der Waals surface area contributed by atoms with Crippen LogP contribution < -0.4 is 5.32 Å². The average Bonchev–Trinajstić information content (AvgIpc) is 2.69. The first-order chi connectivity index (χ1) is 12.3. The van der Waals surface area contributed by atoms with Gasteiger partial charge in [-0.2, -0.15) is 0 Å². The molecule has 130 valence electrons. The number of carbonyl (C=O) groups is 1. The number of hydrogen-bond donors (Lipinski definition) is 1. The summed E-state index contributed by atoms with van der Waals surface area (Å²) in [6.45, 7) is 1.28. The maximum absolute atomic E-state index is 13.4. The molecule has 25 heavy (non-hydrogen) atoms. The van der Waals surface area contributed by atoms with Crippen molar-refractivity contribution in [3.8, 4) is 0 Å². The van der Waals surface area contributed by atoms with Gasteiger partial charge in [0.25, 0.3) is 0 Å². The molecule has 1 saturated heterocycles. The Morgan fingerprint density at radius 3 is 2.52 bits per heavy atom. The highest BCUT2D eigenvalue weighted by Crippen LogP contribution is 2.37. The van der Waals surface area contributed by atoms with E-state index in [1.165, 1.54) is 11.1 Å². The molecule has 1 amide bonds. The zero-order valence-electron chi connectivity index (χ0n) is 14.5. The highest BCUT2D eigenvalue weighted by atomic mass is 16.5. The van der Waals surface area contributed by atoms with E-state index in [9.17, 15) is 4.79 Å². The van der Waals surface area contributed by atoms with Gasteiger partial charge in [0.15, 0.2) is 0 Å². The van der Waals surface area contributed by atoms with Gasteiger partial charge in [0.1, 0.15) is 0 Å². The Morgan fingerprint density at radius 1 is 1.00 bits per heavy atom. The average molecular weight is 335 g/mol. The topological polar surface area (TPSA) is 38.3 Å². The van der Waals surface area contributed by atoms with Gasteiger partial charge in [-0.1, -0.05) is 54.6 Å². The van der Waals surface area contributed by atoms with Crippen LogP contribution in [0.25, 0.3) is 0 Å². The molecule has 0 aromatic heterocycles. The quantitative estimate of drug-likeness (QED) is 0.923. The van der Waals surface area contributed by atoms with Crippen molar-refractivity contribution < 1.29 is 9.53 Å². The molecule has 3 heteroatoms. The van der Waals surface area contributed by atoms with Gasteiger partial charge in [-0.3, -0.25) is 4.79 Å². The number of ether oxygens (including phenoxy) is 1. The molecular weight excluding hydrogens is 310 g/mol. The Bertz CT molecular complexity index is 735. The van der Waals surface area contributed by atoms with Crippen molar-refractivity contribution in [2.24, 2.45) is 0 Å². The first-order valence-electron chi connectivity index (χ1n) is 9.32. The maximum atomic E-state index is 13.4. The normalized spacial score (nSPS) is 22.0. The number of rotatable bonds is 3. The summed E-state index contributed by atoms with van der Waals surface area (Å²) >= 11 is 0. The van der Waals surface area contributed by atoms with Crippen molar-refractivity contribution in [3.05, 3.63) is 71.3 Å². The van der Waals surface area contributed by atoms with Gasteiger partial charge in [0.2, 0.25) is 5.91 Å². The fourth-order valence-corrected chi connectivity index (χ4v) is 4.32.